The molecular formula is C36H30F3N3OS. The van der Waals surface area contributed by atoms with Gasteiger partial charge < -0.3 is 4.74 Å². The molecular weight excluding hydrogens is 579 g/mol. The topological polar surface area (TPSA) is 30.3 Å². The molecule has 44 heavy (non-hydrogen) atoms. The standard InChI is InChI=1S/C36H30F3N3OS/c1-24-22-34-21-13-20-29(36(37,38)39)42(34)33-40-23-30(41(33)32(34)25(2)31(24)43-3)44-35(26-14-7-4-8-15-26,27-16-9-5-10-17-27)28-18-11-6-12-19-28/h4-23,31H,1-3H3. The maximum absolute atomic E-state index is 14.7. The average Bonchev–Trinajstić information content (AvgIpc) is 3.56. The van der Waals surface area contributed by atoms with Crippen LogP contribution in [0.25, 0.3) is 5.70 Å². The number of aromatic nitrogens is 2. The molecule has 1 aliphatic carbocycles. The summed E-state index contributed by atoms with van der Waals surface area (Å²) in [7, 11) is 1.63. The van der Waals surface area contributed by atoms with E-state index in [-0.39, 0.29) is 12.1 Å². The van der Waals surface area contributed by atoms with Crippen molar-refractivity contribution in [3.05, 3.63) is 155 Å². The highest BCUT2D eigenvalue weighted by Gasteiger charge is 2.58. The van der Waals surface area contributed by atoms with Crippen LogP contribution in [0, 0.1) is 0 Å². The number of rotatable bonds is 6. The van der Waals surface area contributed by atoms with Crippen molar-refractivity contribution >= 4 is 23.4 Å². The van der Waals surface area contributed by atoms with Crippen LogP contribution in [-0.4, -0.2) is 34.5 Å². The molecule has 0 amide bonds. The zero-order valence-electron chi connectivity index (χ0n) is 24.4. The Hall–Kier alpha value is -4.27. The number of benzene rings is 3. The Morgan fingerprint density at radius 3 is 1.89 bits per heavy atom. The molecule has 0 saturated heterocycles. The Labute approximate surface area is 258 Å². The van der Waals surface area contributed by atoms with Crippen LogP contribution in [0.4, 0.5) is 19.1 Å². The summed E-state index contributed by atoms with van der Waals surface area (Å²) in [6.07, 6.45) is 3.09. The molecule has 1 aromatic heterocycles. The minimum absolute atomic E-state index is 0.221. The van der Waals surface area contributed by atoms with E-state index in [1.807, 2.05) is 85.2 Å². The molecule has 4 nitrogen and oxygen atoms in total. The molecule has 2 atom stereocenters. The van der Waals surface area contributed by atoms with Gasteiger partial charge in [-0.1, -0.05) is 109 Å². The normalized spacial score (nSPS) is 21.0. The molecule has 0 bridgehead atoms. The Bertz CT molecular complexity index is 1740. The first-order valence-corrected chi connectivity index (χ1v) is 15.2. The molecule has 1 spiro atoms. The maximum Gasteiger partial charge on any atom is 0.431 e. The second-order valence-electron chi connectivity index (χ2n) is 11.2. The zero-order valence-corrected chi connectivity index (χ0v) is 25.2. The van der Waals surface area contributed by atoms with Crippen LogP contribution in [0.15, 0.2) is 143 Å². The molecule has 2 aliphatic heterocycles. The van der Waals surface area contributed by atoms with Crippen LogP contribution < -0.4 is 4.90 Å². The molecule has 3 aromatic carbocycles. The van der Waals surface area contributed by atoms with E-state index < -0.39 is 22.2 Å². The Balaban J connectivity index is 1.52. The number of halogens is 3. The fraction of sp³-hybridized carbons (Fsp3) is 0.194. The lowest BCUT2D eigenvalue weighted by Gasteiger charge is -2.42. The van der Waals surface area contributed by atoms with E-state index in [1.54, 1.807) is 25.1 Å². The van der Waals surface area contributed by atoms with Gasteiger partial charge in [0, 0.05) is 7.11 Å². The molecule has 2 unspecified atom stereocenters. The highest BCUT2D eigenvalue weighted by atomic mass is 32.2. The summed E-state index contributed by atoms with van der Waals surface area (Å²) in [6.45, 7) is 3.85. The van der Waals surface area contributed by atoms with Gasteiger partial charge in [-0.2, -0.15) is 13.2 Å². The smallest absolute Gasteiger partial charge is 0.373 e. The lowest BCUT2D eigenvalue weighted by Crippen LogP contribution is -2.50. The maximum atomic E-state index is 14.7. The highest BCUT2D eigenvalue weighted by Crippen LogP contribution is 2.58. The van der Waals surface area contributed by atoms with E-state index in [9.17, 15) is 13.2 Å². The second kappa shape index (κ2) is 10.4. The summed E-state index contributed by atoms with van der Waals surface area (Å²) in [5.74, 6) is 0.221. The molecule has 3 heterocycles. The molecule has 0 saturated carbocycles. The number of alkyl halides is 3. The third-order valence-electron chi connectivity index (χ3n) is 8.68. The van der Waals surface area contributed by atoms with Crippen molar-refractivity contribution in [1.29, 1.82) is 0 Å². The molecule has 8 heteroatoms. The van der Waals surface area contributed by atoms with Gasteiger partial charge in [0.25, 0.3) is 0 Å². The van der Waals surface area contributed by atoms with E-state index >= 15 is 0 Å². The summed E-state index contributed by atoms with van der Waals surface area (Å²) in [5.41, 5.74) is 3.56. The number of fused-ring (bicyclic) bond motifs is 3. The SMILES string of the molecule is COC1C(C)=CC23C=CC=C(C(F)(F)F)N2c2ncc(SC(c4ccccc4)(c4ccccc4)c4ccccc4)n2C3=C1C. The number of allylic oxidation sites excluding steroid dienone is 3. The quantitative estimate of drug-likeness (QED) is 0.124. The molecule has 3 aliphatic rings. The van der Waals surface area contributed by atoms with Gasteiger partial charge in [0.15, 0.2) is 0 Å². The van der Waals surface area contributed by atoms with Crippen LogP contribution >= 0.6 is 11.8 Å². The number of thioether (sulfide) groups is 1. The van der Waals surface area contributed by atoms with Crippen LogP contribution in [0.5, 0.6) is 0 Å². The number of anilines is 1. The summed E-state index contributed by atoms with van der Waals surface area (Å²) in [5, 5.41) is 0.720. The van der Waals surface area contributed by atoms with Crippen molar-refractivity contribution in [2.75, 3.05) is 12.0 Å². The van der Waals surface area contributed by atoms with Gasteiger partial charge in [-0.05, 0) is 59.9 Å². The minimum atomic E-state index is -4.59. The number of nitrogens with zero attached hydrogens (tertiary/aromatic N) is 3. The van der Waals surface area contributed by atoms with Crippen LogP contribution in [0.1, 0.15) is 30.5 Å². The van der Waals surface area contributed by atoms with E-state index in [1.165, 1.54) is 11.0 Å². The predicted molar refractivity (Wildman–Crippen MR) is 169 cm³/mol. The lowest BCUT2D eigenvalue weighted by atomic mass is 9.79. The third-order valence-corrected chi connectivity index (χ3v) is 10.2. The van der Waals surface area contributed by atoms with E-state index in [0.29, 0.717) is 5.70 Å². The fourth-order valence-electron chi connectivity index (χ4n) is 7.04. The van der Waals surface area contributed by atoms with Crippen molar-refractivity contribution in [2.24, 2.45) is 0 Å². The first-order chi connectivity index (χ1) is 21.2. The summed E-state index contributed by atoms with van der Waals surface area (Å²) >= 11 is 1.58. The highest BCUT2D eigenvalue weighted by molar-refractivity contribution is 8.00. The van der Waals surface area contributed by atoms with Gasteiger partial charge >= 0.3 is 6.18 Å². The number of ether oxygens (including phenoxy) is 1. The van der Waals surface area contributed by atoms with E-state index in [2.05, 4.69) is 36.4 Å². The number of hydrogen-bond acceptors (Lipinski definition) is 4. The Kier molecular flexibility index (Phi) is 6.75. The van der Waals surface area contributed by atoms with Crippen molar-refractivity contribution in [3.63, 3.8) is 0 Å². The summed E-state index contributed by atoms with van der Waals surface area (Å²) < 4.78 is 51.0. The summed E-state index contributed by atoms with van der Waals surface area (Å²) in [4.78, 5) is 6.06. The molecule has 4 aromatic rings. The molecule has 0 fully saturated rings. The Morgan fingerprint density at radius 1 is 0.841 bits per heavy atom. The number of methoxy groups -OCH3 is 1. The van der Waals surface area contributed by atoms with Gasteiger partial charge in [0.2, 0.25) is 5.95 Å². The van der Waals surface area contributed by atoms with Crippen LogP contribution in [0.2, 0.25) is 0 Å². The molecule has 0 radical (unpaired) electrons. The van der Waals surface area contributed by atoms with Crippen molar-refractivity contribution in [3.8, 4) is 0 Å². The van der Waals surface area contributed by atoms with Gasteiger partial charge in [0.1, 0.15) is 22.4 Å². The largest absolute Gasteiger partial charge is 0.431 e. The Morgan fingerprint density at radius 2 is 1.39 bits per heavy atom. The third kappa shape index (κ3) is 4.08. The molecule has 7 rings (SSSR count). The van der Waals surface area contributed by atoms with Crippen LogP contribution in [-0.2, 0) is 9.48 Å². The van der Waals surface area contributed by atoms with Crippen molar-refractivity contribution < 1.29 is 17.9 Å². The molecule has 222 valence electrons. The van der Waals surface area contributed by atoms with Gasteiger partial charge in [0.05, 0.1) is 16.6 Å². The number of hydrogen-bond donors (Lipinski definition) is 0. The van der Waals surface area contributed by atoms with Gasteiger partial charge in [-0.25, -0.2) is 4.98 Å². The minimum Gasteiger partial charge on any atom is -0.373 e. The average molecular weight is 610 g/mol. The van der Waals surface area contributed by atoms with E-state index in [0.717, 1.165) is 38.9 Å². The second-order valence-corrected chi connectivity index (χ2v) is 12.5. The van der Waals surface area contributed by atoms with E-state index in [4.69, 9.17) is 9.72 Å². The van der Waals surface area contributed by atoms with Crippen LogP contribution in [0.3, 0.4) is 0 Å². The lowest BCUT2D eigenvalue weighted by molar-refractivity contribution is -0.0941. The first kappa shape index (κ1) is 28.5. The monoisotopic (exact) mass is 609 g/mol. The zero-order chi connectivity index (χ0) is 30.7. The fourth-order valence-corrected chi connectivity index (χ4v) is 8.48. The van der Waals surface area contributed by atoms with Gasteiger partial charge in [-0.3, -0.25) is 9.47 Å². The first-order valence-electron chi connectivity index (χ1n) is 14.4. The van der Waals surface area contributed by atoms with Crippen molar-refractivity contribution in [2.45, 2.75) is 41.4 Å². The summed E-state index contributed by atoms with van der Waals surface area (Å²) in [6, 6.07) is 30.7. The number of imidazole rings is 1. The molecule has 0 N–H and O–H groups in total. The predicted octanol–water partition coefficient (Wildman–Crippen LogP) is 8.75. The van der Waals surface area contributed by atoms with Gasteiger partial charge in [-0.15, -0.1) is 0 Å². The van der Waals surface area contributed by atoms with Crippen molar-refractivity contribution in [1.82, 2.24) is 9.55 Å².